The topological polar surface area (TPSA) is 147 Å². The van der Waals surface area contributed by atoms with Crippen molar-refractivity contribution in [3.63, 3.8) is 0 Å². The Morgan fingerprint density at radius 3 is 2.62 bits per heavy atom. The first-order valence-electron chi connectivity index (χ1n) is 10.6. The van der Waals surface area contributed by atoms with E-state index in [1.165, 1.54) is 16.9 Å². The Hall–Kier alpha value is -4.40. The fraction of sp³-hybridized carbons (Fsp3) is 0.227. The standard InChI is InChI=1S/C22H20F2N6O6S/c1-12(2)35-22(32)30-11-16(27-20(31)15-10-26-29-8-4-7-25-19(15)29)18(28-30)14-9-13(37(3,33)34)5-6-17(14)36-21(23)24/h4-12,21H,1-3H3,(H,27,31). The van der Waals surface area contributed by atoms with Crippen LogP contribution in [-0.4, -0.2) is 63.8 Å². The summed E-state index contributed by atoms with van der Waals surface area (Å²) in [5, 5.41) is 10.7. The van der Waals surface area contributed by atoms with Gasteiger partial charge in [-0.15, -0.1) is 0 Å². The third kappa shape index (κ3) is 5.55. The van der Waals surface area contributed by atoms with E-state index < -0.39 is 40.3 Å². The summed E-state index contributed by atoms with van der Waals surface area (Å²) in [7, 11) is -3.78. The van der Waals surface area contributed by atoms with Gasteiger partial charge in [-0.2, -0.15) is 23.7 Å². The van der Waals surface area contributed by atoms with Gasteiger partial charge in [-0.1, -0.05) is 0 Å². The molecule has 1 aromatic carbocycles. The van der Waals surface area contributed by atoms with Crippen molar-refractivity contribution >= 4 is 33.2 Å². The summed E-state index contributed by atoms with van der Waals surface area (Å²) >= 11 is 0. The zero-order valence-corrected chi connectivity index (χ0v) is 20.4. The number of rotatable bonds is 7. The molecule has 12 nitrogen and oxygen atoms in total. The van der Waals surface area contributed by atoms with Crippen LogP contribution in [0.15, 0.2) is 53.9 Å². The highest BCUT2D eigenvalue weighted by Gasteiger charge is 2.25. The number of nitrogens with one attached hydrogen (secondary N) is 1. The van der Waals surface area contributed by atoms with Crippen LogP contribution >= 0.6 is 0 Å². The second kappa shape index (κ2) is 9.93. The van der Waals surface area contributed by atoms with E-state index in [2.05, 4.69) is 25.2 Å². The molecule has 1 amide bonds. The Balaban J connectivity index is 1.86. The predicted octanol–water partition coefficient (Wildman–Crippen LogP) is 3.24. The maximum atomic E-state index is 13.1. The third-order valence-corrected chi connectivity index (χ3v) is 5.97. The molecule has 0 saturated heterocycles. The lowest BCUT2D eigenvalue weighted by molar-refractivity contribution is -0.0495. The molecule has 4 aromatic rings. The zero-order valence-electron chi connectivity index (χ0n) is 19.6. The first kappa shape index (κ1) is 25.7. The van der Waals surface area contributed by atoms with Gasteiger partial charge in [-0.05, 0) is 38.1 Å². The van der Waals surface area contributed by atoms with Gasteiger partial charge < -0.3 is 14.8 Å². The van der Waals surface area contributed by atoms with Crippen LogP contribution in [0.25, 0.3) is 16.9 Å². The first-order valence-corrected chi connectivity index (χ1v) is 12.5. The molecule has 0 aliphatic carbocycles. The highest BCUT2D eigenvalue weighted by atomic mass is 32.2. The first-order chi connectivity index (χ1) is 17.4. The number of fused-ring (bicyclic) bond motifs is 1. The fourth-order valence-corrected chi connectivity index (χ4v) is 3.96. The monoisotopic (exact) mass is 534 g/mol. The molecule has 0 spiro atoms. The van der Waals surface area contributed by atoms with Gasteiger partial charge in [0.1, 0.15) is 17.0 Å². The predicted molar refractivity (Wildman–Crippen MR) is 125 cm³/mol. The molecule has 0 atom stereocenters. The van der Waals surface area contributed by atoms with E-state index in [4.69, 9.17) is 4.74 Å². The number of sulfone groups is 1. The second-order valence-electron chi connectivity index (χ2n) is 7.98. The van der Waals surface area contributed by atoms with E-state index in [0.29, 0.717) is 0 Å². The lowest BCUT2D eigenvalue weighted by Gasteiger charge is -2.12. The van der Waals surface area contributed by atoms with Gasteiger partial charge in [0, 0.05) is 24.2 Å². The van der Waals surface area contributed by atoms with E-state index in [1.807, 2.05) is 0 Å². The molecule has 0 saturated carbocycles. The summed E-state index contributed by atoms with van der Waals surface area (Å²) in [5.74, 6) is -1.14. The summed E-state index contributed by atoms with van der Waals surface area (Å²) in [4.78, 5) is 29.5. The van der Waals surface area contributed by atoms with Crippen molar-refractivity contribution < 1.29 is 36.3 Å². The van der Waals surface area contributed by atoms with Crippen molar-refractivity contribution in [1.29, 1.82) is 0 Å². The molecular weight excluding hydrogens is 514 g/mol. The molecule has 0 bridgehead atoms. The van der Waals surface area contributed by atoms with Gasteiger partial charge in [0.25, 0.3) is 5.91 Å². The Bertz CT molecular complexity index is 1600. The average molecular weight is 535 g/mol. The molecular formula is C22H20F2N6O6S. The number of alkyl halides is 2. The fourth-order valence-electron chi connectivity index (χ4n) is 3.31. The highest BCUT2D eigenvalue weighted by molar-refractivity contribution is 7.90. The van der Waals surface area contributed by atoms with Crippen LogP contribution in [0.2, 0.25) is 0 Å². The number of carbonyl (C=O) groups excluding carboxylic acids is 2. The molecule has 0 aliphatic rings. The van der Waals surface area contributed by atoms with Crippen molar-refractivity contribution in [3.05, 3.63) is 54.6 Å². The number of ether oxygens (including phenoxy) is 2. The van der Waals surface area contributed by atoms with Crippen molar-refractivity contribution in [1.82, 2.24) is 24.4 Å². The van der Waals surface area contributed by atoms with Crippen molar-refractivity contribution in [2.45, 2.75) is 31.5 Å². The number of hydrogen-bond acceptors (Lipinski definition) is 9. The second-order valence-corrected chi connectivity index (χ2v) is 9.99. The van der Waals surface area contributed by atoms with Crippen LogP contribution in [0.3, 0.4) is 0 Å². The van der Waals surface area contributed by atoms with Crippen LogP contribution in [0.5, 0.6) is 5.75 Å². The van der Waals surface area contributed by atoms with E-state index in [9.17, 15) is 26.8 Å². The number of aromatic nitrogens is 5. The maximum Gasteiger partial charge on any atom is 0.435 e. The molecule has 3 heterocycles. The largest absolute Gasteiger partial charge is 0.445 e. The van der Waals surface area contributed by atoms with Crippen LogP contribution in [0.1, 0.15) is 24.2 Å². The number of amides is 1. The normalized spacial score (nSPS) is 11.8. The van der Waals surface area contributed by atoms with Gasteiger partial charge in [0.2, 0.25) is 0 Å². The van der Waals surface area contributed by atoms with Crippen molar-refractivity contribution in [2.75, 3.05) is 11.6 Å². The molecule has 3 aromatic heterocycles. The van der Waals surface area contributed by atoms with E-state index >= 15 is 0 Å². The summed E-state index contributed by atoms with van der Waals surface area (Å²) in [5.41, 5.74) is -0.259. The summed E-state index contributed by atoms with van der Waals surface area (Å²) in [6, 6.07) is 4.79. The maximum absolute atomic E-state index is 13.1. The number of anilines is 1. The minimum Gasteiger partial charge on any atom is -0.445 e. The number of halogens is 2. The van der Waals surface area contributed by atoms with Crippen LogP contribution < -0.4 is 10.1 Å². The number of hydrogen-bond donors (Lipinski definition) is 1. The van der Waals surface area contributed by atoms with Crippen molar-refractivity contribution in [2.24, 2.45) is 0 Å². The number of benzene rings is 1. The van der Waals surface area contributed by atoms with E-state index in [1.54, 1.807) is 26.1 Å². The lowest BCUT2D eigenvalue weighted by Crippen LogP contribution is -2.18. The van der Waals surface area contributed by atoms with Gasteiger partial charge in [0.15, 0.2) is 15.5 Å². The Morgan fingerprint density at radius 2 is 1.95 bits per heavy atom. The van der Waals surface area contributed by atoms with Gasteiger partial charge >= 0.3 is 12.7 Å². The quantitative estimate of drug-likeness (QED) is 0.377. The highest BCUT2D eigenvalue weighted by Crippen LogP contribution is 2.37. The van der Waals surface area contributed by atoms with Crippen molar-refractivity contribution in [3.8, 4) is 17.0 Å². The van der Waals surface area contributed by atoms with E-state index in [-0.39, 0.29) is 33.1 Å². The Kier molecular flexibility index (Phi) is 6.89. The summed E-state index contributed by atoms with van der Waals surface area (Å²) in [6.45, 7) is -0.0422. The van der Waals surface area contributed by atoms with Gasteiger partial charge in [-0.25, -0.2) is 22.7 Å². The minimum atomic E-state index is -3.78. The smallest absolute Gasteiger partial charge is 0.435 e. The van der Waals surface area contributed by atoms with Gasteiger partial charge in [-0.3, -0.25) is 4.79 Å². The molecule has 0 unspecified atom stereocenters. The lowest BCUT2D eigenvalue weighted by atomic mass is 10.1. The van der Waals surface area contributed by atoms with Crippen LogP contribution in [0, 0.1) is 0 Å². The Labute approximate surface area is 208 Å². The summed E-state index contributed by atoms with van der Waals surface area (Å²) < 4.78 is 62.4. The molecule has 1 N–H and O–H groups in total. The van der Waals surface area contributed by atoms with Crippen LogP contribution in [-0.2, 0) is 14.6 Å². The zero-order chi connectivity index (χ0) is 26.9. The minimum absolute atomic E-state index is 0.0676. The Morgan fingerprint density at radius 1 is 1.19 bits per heavy atom. The average Bonchev–Trinajstić information content (AvgIpc) is 3.42. The molecule has 15 heteroatoms. The summed E-state index contributed by atoms with van der Waals surface area (Å²) in [6.07, 6.45) is 4.90. The molecule has 0 aliphatic heterocycles. The van der Waals surface area contributed by atoms with Crippen LogP contribution in [0.4, 0.5) is 19.3 Å². The molecule has 0 radical (unpaired) electrons. The third-order valence-electron chi connectivity index (χ3n) is 4.86. The number of carbonyl (C=O) groups is 2. The molecule has 194 valence electrons. The van der Waals surface area contributed by atoms with Gasteiger partial charge in [0.05, 0.1) is 29.1 Å². The van der Waals surface area contributed by atoms with E-state index in [0.717, 1.165) is 35.3 Å². The molecule has 37 heavy (non-hydrogen) atoms. The number of nitrogens with zero attached hydrogens (tertiary/aromatic N) is 5. The molecule has 0 fully saturated rings. The SMILES string of the molecule is CC(C)OC(=O)n1cc(NC(=O)c2cnn3cccnc23)c(-c2cc(S(C)(=O)=O)ccc2OC(F)F)n1. The molecule has 4 rings (SSSR count).